The Morgan fingerprint density at radius 2 is 1.82 bits per heavy atom. The standard InChI is InChI=1S/C21H42N2O5/c1-8-15(2)20(23(4)5)18(27-6)13-17(10-9-11-22-14-24)21(28-7)16(3)12-19(25)26/h14-18,20-21H,8-13H2,1-7H3,(H,22,24)(H,25,26). The molecule has 7 nitrogen and oxygen atoms in total. The van der Waals surface area contributed by atoms with Crippen LogP contribution in [-0.4, -0.2) is 75.5 Å². The van der Waals surface area contributed by atoms with Crippen molar-refractivity contribution >= 4 is 12.4 Å². The lowest BCUT2D eigenvalue weighted by molar-refractivity contribution is -0.140. The Balaban J connectivity index is 5.48. The summed E-state index contributed by atoms with van der Waals surface area (Å²) in [5.41, 5.74) is 0. The van der Waals surface area contributed by atoms with Gasteiger partial charge in [0, 0.05) is 26.8 Å². The highest BCUT2D eigenvalue weighted by Gasteiger charge is 2.35. The minimum atomic E-state index is -0.815. The zero-order valence-corrected chi connectivity index (χ0v) is 18.8. The zero-order chi connectivity index (χ0) is 21.7. The molecule has 0 spiro atoms. The topological polar surface area (TPSA) is 88.1 Å². The first-order valence-corrected chi connectivity index (χ1v) is 10.3. The Bertz CT molecular complexity index is 433. The SMILES string of the molecule is CCC(C)C(C(CC(CCCNC=O)C(OC)C(C)CC(=O)O)OC)N(C)C. The summed E-state index contributed by atoms with van der Waals surface area (Å²) in [7, 11) is 7.55. The molecule has 0 aliphatic heterocycles. The minimum Gasteiger partial charge on any atom is -0.481 e. The number of likely N-dealkylation sites (N-methyl/N-ethyl adjacent to an activating group) is 1. The number of hydrogen-bond acceptors (Lipinski definition) is 5. The van der Waals surface area contributed by atoms with Crippen molar-refractivity contribution < 1.29 is 24.2 Å². The number of amides is 1. The van der Waals surface area contributed by atoms with Gasteiger partial charge in [0.05, 0.1) is 18.6 Å². The number of nitrogens with one attached hydrogen (secondary N) is 1. The van der Waals surface area contributed by atoms with Gasteiger partial charge in [-0.15, -0.1) is 0 Å². The lowest BCUT2D eigenvalue weighted by Gasteiger charge is -2.39. The first-order valence-electron chi connectivity index (χ1n) is 10.3. The van der Waals surface area contributed by atoms with Crippen molar-refractivity contribution in [3.63, 3.8) is 0 Å². The minimum absolute atomic E-state index is 0.0173. The normalized spacial score (nSPS) is 18.1. The van der Waals surface area contributed by atoms with E-state index in [4.69, 9.17) is 9.47 Å². The molecule has 6 unspecified atom stereocenters. The molecular weight excluding hydrogens is 360 g/mol. The van der Waals surface area contributed by atoms with Gasteiger partial charge in [-0.3, -0.25) is 9.59 Å². The van der Waals surface area contributed by atoms with Gasteiger partial charge in [0.15, 0.2) is 0 Å². The Morgan fingerprint density at radius 1 is 1.18 bits per heavy atom. The fraction of sp³-hybridized carbons (Fsp3) is 0.905. The summed E-state index contributed by atoms with van der Waals surface area (Å²) in [6.45, 7) is 6.95. The summed E-state index contributed by atoms with van der Waals surface area (Å²) in [4.78, 5) is 24.0. The van der Waals surface area contributed by atoms with E-state index in [1.165, 1.54) is 0 Å². The second-order valence-corrected chi connectivity index (χ2v) is 8.10. The molecule has 0 aliphatic rings. The van der Waals surface area contributed by atoms with E-state index in [-0.39, 0.29) is 36.5 Å². The molecule has 0 aromatic carbocycles. The average Bonchev–Trinajstić information content (AvgIpc) is 2.63. The molecular formula is C21H42N2O5. The fourth-order valence-electron chi connectivity index (χ4n) is 4.35. The number of nitrogens with zero attached hydrogens (tertiary/aromatic N) is 1. The van der Waals surface area contributed by atoms with Crippen LogP contribution in [0.4, 0.5) is 0 Å². The van der Waals surface area contributed by atoms with Gasteiger partial charge in [0.25, 0.3) is 0 Å². The number of ether oxygens (including phenoxy) is 2. The number of aliphatic carboxylic acids is 1. The van der Waals surface area contributed by atoms with Gasteiger partial charge in [-0.2, -0.15) is 0 Å². The van der Waals surface area contributed by atoms with Crippen molar-refractivity contribution in [2.75, 3.05) is 34.9 Å². The van der Waals surface area contributed by atoms with Gasteiger partial charge < -0.3 is 24.8 Å². The number of carboxylic acids is 1. The number of rotatable bonds is 17. The molecule has 0 aliphatic carbocycles. The van der Waals surface area contributed by atoms with E-state index in [9.17, 15) is 14.7 Å². The van der Waals surface area contributed by atoms with E-state index in [1.54, 1.807) is 14.2 Å². The third-order valence-corrected chi connectivity index (χ3v) is 5.82. The summed E-state index contributed by atoms with van der Waals surface area (Å²) >= 11 is 0. The van der Waals surface area contributed by atoms with Crippen LogP contribution < -0.4 is 5.32 Å². The monoisotopic (exact) mass is 402 g/mol. The molecule has 0 heterocycles. The molecule has 0 bridgehead atoms. The summed E-state index contributed by atoms with van der Waals surface area (Å²) < 4.78 is 11.7. The van der Waals surface area contributed by atoms with Crippen LogP contribution >= 0.6 is 0 Å². The van der Waals surface area contributed by atoms with Crippen molar-refractivity contribution in [1.82, 2.24) is 10.2 Å². The average molecular weight is 403 g/mol. The number of carboxylic acid groups (broad SMARTS) is 1. The lowest BCUT2D eigenvalue weighted by atomic mass is 9.80. The predicted molar refractivity (Wildman–Crippen MR) is 111 cm³/mol. The molecule has 6 atom stereocenters. The zero-order valence-electron chi connectivity index (χ0n) is 18.8. The van der Waals surface area contributed by atoms with Gasteiger partial charge in [-0.05, 0) is 51.1 Å². The molecule has 166 valence electrons. The number of carbonyl (C=O) groups excluding carboxylic acids is 1. The Hall–Kier alpha value is -1.18. The highest BCUT2D eigenvalue weighted by molar-refractivity contribution is 5.67. The highest BCUT2D eigenvalue weighted by Crippen LogP contribution is 2.31. The van der Waals surface area contributed by atoms with Gasteiger partial charge >= 0.3 is 5.97 Å². The number of hydrogen-bond donors (Lipinski definition) is 2. The van der Waals surface area contributed by atoms with Gasteiger partial charge in [0.2, 0.25) is 6.41 Å². The number of methoxy groups -OCH3 is 2. The molecule has 1 amide bonds. The van der Waals surface area contributed by atoms with Gasteiger partial charge in [0.1, 0.15) is 0 Å². The van der Waals surface area contributed by atoms with Crippen molar-refractivity contribution in [3.05, 3.63) is 0 Å². The molecule has 28 heavy (non-hydrogen) atoms. The number of carbonyl (C=O) groups is 2. The van der Waals surface area contributed by atoms with Crippen molar-refractivity contribution in [1.29, 1.82) is 0 Å². The summed E-state index contributed by atoms with van der Waals surface area (Å²) in [6.07, 6.45) is 4.11. The van der Waals surface area contributed by atoms with E-state index < -0.39 is 5.97 Å². The second-order valence-electron chi connectivity index (χ2n) is 8.10. The van der Waals surface area contributed by atoms with E-state index in [0.29, 0.717) is 18.9 Å². The van der Waals surface area contributed by atoms with Crippen LogP contribution in [0.2, 0.25) is 0 Å². The van der Waals surface area contributed by atoms with E-state index in [1.807, 2.05) is 6.92 Å². The lowest BCUT2D eigenvalue weighted by Crippen LogP contribution is -2.47. The van der Waals surface area contributed by atoms with E-state index in [0.717, 1.165) is 25.7 Å². The van der Waals surface area contributed by atoms with Crippen molar-refractivity contribution in [3.8, 4) is 0 Å². The maximum atomic E-state index is 11.2. The van der Waals surface area contributed by atoms with Crippen LogP contribution in [0.5, 0.6) is 0 Å². The first-order chi connectivity index (χ1) is 13.2. The smallest absolute Gasteiger partial charge is 0.303 e. The molecule has 0 saturated heterocycles. The Kier molecular flexibility index (Phi) is 14.1. The summed E-state index contributed by atoms with van der Waals surface area (Å²) in [5, 5.41) is 11.9. The summed E-state index contributed by atoms with van der Waals surface area (Å²) in [5.74, 6) is -0.311. The molecule has 0 aromatic heterocycles. The maximum absolute atomic E-state index is 11.2. The Labute approximate surface area is 171 Å². The van der Waals surface area contributed by atoms with Gasteiger partial charge in [-0.1, -0.05) is 27.2 Å². The van der Waals surface area contributed by atoms with Crippen LogP contribution in [0, 0.1) is 17.8 Å². The van der Waals surface area contributed by atoms with E-state index >= 15 is 0 Å². The summed E-state index contributed by atoms with van der Waals surface area (Å²) in [6, 6.07) is 0.262. The van der Waals surface area contributed by atoms with Gasteiger partial charge in [-0.25, -0.2) is 0 Å². The molecule has 0 radical (unpaired) electrons. The fourth-order valence-corrected chi connectivity index (χ4v) is 4.35. The van der Waals surface area contributed by atoms with Crippen LogP contribution in [0.3, 0.4) is 0 Å². The van der Waals surface area contributed by atoms with Crippen LogP contribution in [0.25, 0.3) is 0 Å². The molecule has 0 saturated carbocycles. The highest BCUT2D eigenvalue weighted by atomic mass is 16.5. The molecule has 7 heteroatoms. The third kappa shape index (κ3) is 9.34. The van der Waals surface area contributed by atoms with Crippen LogP contribution in [0.1, 0.15) is 52.9 Å². The van der Waals surface area contributed by atoms with E-state index in [2.05, 4.69) is 38.2 Å². The predicted octanol–water partition coefficient (Wildman–Crippen LogP) is 2.64. The molecule has 0 rings (SSSR count). The molecule has 2 N–H and O–H groups in total. The quantitative estimate of drug-likeness (QED) is 0.287. The third-order valence-electron chi connectivity index (χ3n) is 5.82. The van der Waals surface area contributed by atoms with Crippen molar-refractivity contribution in [2.45, 2.75) is 71.1 Å². The largest absolute Gasteiger partial charge is 0.481 e. The van der Waals surface area contributed by atoms with Crippen molar-refractivity contribution in [2.24, 2.45) is 17.8 Å². The molecule has 0 aromatic rings. The second kappa shape index (κ2) is 14.8. The maximum Gasteiger partial charge on any atom is 0.303 e. The van der Waals surface area contributed by atoms with Crippen LogP contribution in [0.15, 0.2) is 0 Å². The first kappa shape index (κ1) is 26.8. The Morgan fingerprint density at radius 3 is 2.25 bits per heavy atom. The molecule has 0 fully saturated rings. The van der Waals surface area contributed by atoms with Crippen LogP contribution in [-0.2, 0) is 19.1 Å².